The van der Waals surface area contributed by atoms with Crippen LogP contribution in [0.5, 0.6) is 11.5 Å². The smallest absolute Gasteiger partial charge is 0.161 e. The Hall–Kier alpha value is -2.07. The second-order valence-electron chi connectivity index (χ2n) is 5.03. The van der Waals surface area contributed by atoms with E-state index in [2.05, 4.69) is 29.4 Å². The van der Waals surface area contributed by atoms with Crippen LogP contribution in [-0.4, -0.2) is 24.7 Å². The molecule has 21 heavy (non-hydrogen) atoms. The van der Waals surface area contributed by atoms with Gasteiger partial charge in [0.25, 0.3) is 0 Å². The molecule has 1 N–H and O–H groups in total. The third kappa shape index (κ3) is 3.16. The van der Waals surface area contributed by atoms with Crippen molar-refractivity contribution in [2.45, 2.75) is 19.4 Å². The Labute approximate surface area is 125 Å². The Bertz CT molecular complexity index is 587. The molecule has 0 fully saturated rings. The van der Waals surface area contributed by atoms with E-state index in [-0.39, 0.29) is 6.04 Å². The number of fused-ring (bicyclic) bond motifs is 1. The van der Waals surface area contributed by atoms with Crippen molar-refractivity contribution in [3.05, 3.63) is 53.9 Å². The average Bonchev–Trinajstić information content (AvgIpc) is 2.78. The van der Waals surface area contributed by atoms with Gasteiger partial charge in [-0.1, -0.05) is 13.0 Å². The molecule has 1 aromatic carbocycles. The quantitative estimate of drug-likeness (QED) is 0.937. The highest BCUT2D eigenvalue weighted by Crippen LogP contribution is 2.33. The first kappa shape index (κ1) is 13.9. The molecule has 0 aliphatic carbocycles. The fourth-order valence-electron chi connectivity index (χ4n) is 2.55. The Morgan fingerprint density at radius 3 is 2.57 bits per heavy atom. The van der Waals surface area contributed by atoms with Gasteiger partial charge in [0.15, 0.2) is 11.5 Å². The van der Waals surface area contributed by atoms with Gasteiger partial charge in [0, 0.05) is 18.8 Å². The number of benzene rings is 1. The molecule has 2 aromatic rings. The Morgan fingerprint density at radius 2 is 1.81 bits per heavy atom. The number of hydrogen-bond acceptors (Lipinski definition) is 4. The van der Waals surface area contributed by atoms with Crippen LogP contribution in [0.3, 0.4) is 0 Å². The first-order valence-corrected chi connectivity index (χ1v) is 7.41. The van der Waals surface area contributed by atoms with Gasteiger partial charge >= 0.3 is 0 Å². The molecule has 0 saturated heterocycles. The predicted molar refractivity (Wildman–Crippen MR) is 81.8 cm³/mol. The van der Waals surface area contributed by atoms with Gasteiger partial charge in [-0.3, -0.25) is 4.98 Å². The molecule has 4 heteroatoms. The van der Waals surface area contributed by atoms with E-state index in [0.29, 0.717) is 13.2 Å². The fraction of sp³-hybridized carbons (Fsp3) is 0.353. The molecular formula is C17H20N2O2. The van der Waals surface area contributed by atoms with E-state index in [4.69, 9.17) is 9.47 Å². The molecule has 1 unspecified atom stereocenters. The lowest BCUT2D eigenvalue weighted by Crippen LogP contribution is -2.22. The summed E-state index contributed by atoms with van der Waals surface area (Å²) >= 11 is 0. The minimum Gasteiger partial charge on any atom is -0.490 e. The average molecular weight is 284 g/mol. The Kier molecular flexibility index (Phi) is 4.36. The Balaban J connectivity index is 1.94. The van der Waals surface area contributed by atoms with Gasteiger partial charge in [-0.15, -0.1) is 0 Å². The summed E-state index contributed by atoms with van der Waals surface area (Å²) in [7, 11) is 0. The molecule has 0 amide bonds. The fourth-order valence-corrected chi connectivity index (χ4v) is 2.55. The van der Waals surface area contributed by atoms with E-state index in [1.165, 1.54) is 11.1 Å². The number of rotatable bonds is 4. The first-order chi connectivity index (χ1) is 10.4. The van der Waals surface area contributed by atoms with Crippen LogP contribution in [0.1, 0.15) is 30.5 Å². The molecule has 0 bridgehead atoms. The number of hydrogen-bond donors (Lipinski definition) is 1. The summed E-state index contributed by atoms with van der Waals surface area (Å²) in [5.74, 6) is 1.67. The topological polar surface area (TPSA) is 43.4 Å². The zero-order valence-electron chi connectivity index (χ0n) is 12.2. The third-order valence-electron chi connectivity index (χ3n) is 3.55. The molecule has 110 valence electrons. The van der Waals surface area contributed by atoms with Crippen molar-refractivity contribution in [2.24, 2.45) is 0 Å². The van der Waals surface area contributed by atoms with Crippen LogP contribution in [0.25, 0.3) is 0 Å². The number of nitrogens with one attached hydrogen (secondary N) is 1. The zero-order valence-corrected chi connectivity index (χ0v) is 12.2. The standard InChI is InChI=1S/C17H20N2O2/c1-2-19-17(13-6-8-18-9-7-13)14-4-5-15-16(12-14)21-11-3-10-20-15/h4-9,12,17,19H,2-3,10-11H2,1H3. The summed E-state index contributed by atoms with van der Waals surface area (Å²) in [5, 5.41) is 3.51. The molecule has 0 saturated carbocycles. The maximum absolute atomic E-state index is 5.79. The van der Waals surface area contributed by atoms with E-state index < -0.39 is 0 Å². The third-order valence-corrected chi connectivity index (χ3v) is 3.55. The summed E-state index contributed by atoms with van der Waals surface area (Å²) < 4.78 is 11.5. The van der Waals surface area contributed by atoms with Gasteiger partial charge in [0.1, 0.15) is 0 Å². The van der Waals surface area contributed by atoms with Crippen molar-refractivity contribution >= 4 is 0 Å². The summed E-state index contributed by atoms with van der Waals surface area (Å²) in [5.41, 5.74) is 2.37. The van der Waals surface area contributed by atoms with Crippen molar-refractivity contribution in [1.82, 2.24) is 10.3 Å². The summed E-state index contributed by atoms with van der Waals surface area (Å²) in [6, 6.07) is 10.4. The molecule has 1 aliphatic heterocycles. The largest absolute Gasteiger partial charge is 0.490 e. The lowest BCUT2D eigenvalue weighted by atomic mass is 9.99. The number of pyridine rings is 1. The number of aromatic nitrogens is 1. The van der Waals surface area contributed by atoms with E-state index in [9.17, 15) is 0 Å². The van der Waals surface area contributed by atoms with E-state index in [1.807, 2.05) is 30.6 Å². The molecule has 4 nitrogen and oxygen atoms in total. The maximum atomic E-state index is 5.79. The van der Waals surface area contributed by atoms with Gasteiger partial charge in [0.05, 0.1) is 19.3 Å². The van der Waals surface area contributed by atoms with Crippen LogP contribution in [0.15, 0.2) is 42.7 Å². The van der Waals surface area contributed by atoms with Crippen molar-refractivity contribution in [3.63, 3.8) is 0 Å². The van der Waals surface area contributed by atoms with Crippen LogP contribution in [0, 0.1) is 0 Å². The van der Waals surface area contributed by atoms with Crippen molar-refractivity contribution in [3.8, 4) is 11.5 Å². The molecule has 0 radical (unpaired) electrons. The van der Waals surface area contributed by atoms with Crippen molar-refractivity contribution < 1.29 is 9.47 Å². The molecule has 0 spiro atoms. The van der Waals surface area contributed by atoms with Crippen LogP contribution >= 0.6 is 0 Å². The number of nitrogens with zero attached hydrogens (tertiary/aromatic N) is 1. The molecular weight excluding hydrogens is 264 g/mol. The minimum absolute atomic E-state index is 0.134. The highest BCUT2D eigenvalue weighted by atomic mass is 16.5. The van der Waals surface area contributed by atoms with E-state index in [1.54, 1.807) is 0 Å². The van der Waals surface area contributed by atoms with Crippen LogP contribution in [0.4, 0.5) is 0 Å². The van der Waals surface area contributed by atoms with Crippen LogP contribution < -0.4 is 14.8 Å². The van der Waals surface area contributed by atoms with Gasteiger partial charge < -0.3 is 14.8 Å². The Morgan fingerprint density at radius 1 is 1.05 bits per heavy atom. The molecule has 1 atom stereocenters. The molecule has 1 aliphatic rings. The zero-order chi connectivity index (χ0) is 14.5. The summed E-state index contributed by atoms with van der Waals surface area (Å²) in [6.45, 7) is 4.42. The van der Waals surface area contributed by atoms with E-state index >= 15 is 0 Å². The predicted octanol–water partition coefficient (Wildman–Crippen LogP) is 2.94. The lowest BCUT2D eigenvalue weighted by molar-refractivity contribution is 0.297. The molecule has 1 aromatic heterocycles. The highest BCUT2D eigenvalue weighted by Gasteiger charge is 2.17. The lowest BCUT2D eigenvalue weighted by Gasteiger charge is -2.20. The second kappa shape index (κ2) is 6.59. The first-order valence-electron chi connectivity index (χ1n) is 7.41. The summed E-state index contributed by atoms with van der Waals surface area (Å²) in [4.78, 5) is 4.09. The SMILES string of the molecule is CCNC(c1ccncc1)c1ccc2c(c1)OCCCO2. The van der Waals surface area contributed by atoms with E-state index in [0.717, 1.165) is 24.5 Å². The molecule has 3 rings (SSSR count). The summed E-state index contributed by atoms with van der Waals surface area (Å²) in [6.07, 6.45) is 4.57. The van der Waals surface area contributed by atoms with Gasteiger partial charge in [0.2, 0.25) is 0 Å². The van der Waals surface area contributed by atoms with Crippen LogP contribution in [0.2, 0.25) is 0 Å². The highest BCUT2D eigenvalue weighted by molar-refractivity contribution is 5.46. The minimum atomic E-state index is 0.134. The van der Waals surface area contributed by atoms with Gasteiger partial charge in [-0.25, -0.2) is 0 Å². The van der Waals surface area contributed by atoms with Gasteiger partial charge in [-0.2, -0.15) is 0 Å². The number of ether oxygens (including phenoxy) is 2. The van der Waals surface area contributed by atoms with Crippen LogP contribution in [-0.2, 0) is 0 Å². The second-order valence-corrected chi connectivity index (χ2v) is 5.03. The van der Waals surface area contributed by atoms with Gasteiger partial charge in [-0.05, 0) is 41.9 Å². The monoisotopic (exact) mass is 284 g/mol. The normalized spacial score (nSPS) is 15.3. The van der Waals surface area contributed by atoms with Crippen molar-refractivity contribution in [1.29, 1.82) is 0 Å². The maximum Gasteiger partial charge on any atom is 0.161 e. The van der Waals surface area contributed by atoms with Crippen molar-refractivity contribution in [2.75, 3.05) is 19.8 Å². The molecule has 2 heterocycles.